The van der Waals surface area contributed by atoms with Crippen LogP contribution in [0.25, 0.3) is 24.3 Å². The van der Waals surface area contributed by atoms with Crippen molar-refractivity contribution in [1.82, 2.24) is 0 Å². The maximum absolute atomic E-state index is 12.7. The summed E-state index contributed by atoms with van der Waals surface area (Å²) >= 11 is 26.2. The first kappa shape index (κ1) is 70.5. The second kappa shape index (κ2) is 31.6. The van der Waals surface area contributed by atoms with E-state index in [0.29, 0.717) is 53.7 Å². The molecule has 0 unspecified atom stereocenters. The number of carboxylic acid groups (broad SMARTS) is 3. The van der Waals surface area contributed by atoms with E-state index >= 15 is 0 Å². The number of anilines is 4. The van der Waals surface area contributed by atoms with Crippen molar-refractivity contribution in [2.75, 3.05) is 19.6 Å². The zero-order chi connectivity index (χ0) is 69.1. The number of amides is 4. The predicted octanol–water partition coefficient (Wildman–Crippen LogP) is 16.5. The number of ether oxygens (including phenoxy) is 1. The third-order valence-corrected chi connectivity index (χ3v) is 19.1. The summed E-state index contributed by atoms with van der Waals surface area (Å²) < 4.78 is 6.42. The number of hydrogen-bond donors (Lipinski definition) is 5. The van der Waals surface area contributed by atoms with Gasteiger partial charge in [0.1, 0.15) is 5.75 Å². The molecule has 0 bridgehead atoms. The highest BCUT2D eigenvalue weighted by Gasteiger charge is 2.37. The van der Waals surface area contributed by atoms with Crippen molar-refractivity contribution in [2.24, 2.45) is 0 Å². The number of hydrogen-bond acceptors (Lipinski definition) is 18. The van der Waals surface area contributed by atoms with Crippen molar-refractivity contribution in [1.29, 1.82) is 0 Å². The Balaban J connectivity index is 0.000000150. The Morgan fingerprint density at radius 3 is 1.17 bits per heavy atom. The third-order valence-electron chi connectivity index (χ3n) is 13.9. The largest absolute Gasteiger partial charge is 0.511 e. The lowest BCUT2D eigenvalue weighted by Crippen LogP contribution is -2.27. The van der Waals surface area contributed by atoms with Gasteiger partial charge in [0.05, 0.1) is 53.5 Å². The molecular weight excluding hydrogens is 1370 g/mol. The molecule has 5 N–H and O–H groups in total. The maximum atomic E-state index is 12.7. The molecule has 17 nitrogen and oxygen atoms in total. The first-order valence-corrected chi connectivity index (χ1v) is 33.3. The van der Waals surface area contributed by atoms with E-state index in [9.17, 15) is 48.9 Å². The average molecular weight is 1430 g/mol. The molecule has 4 aliphatic rings. The molecular formula is C71H52N4O13S8. The summed E-state index contributed by atoms with van der Waals surface area (Å²) in [5.74, 6) is -3.00. The van der Waals surface area contributed by atoms with Crippen LogP contribution < -0.4 is 24.3 Å². The van der Waals surface area contributed by atoms with Crippen LogP contribution in [0.4, 0.5) is 27.5 Å². The Morgan fingerprint density at radius 1 is 0.385 bits per heavy atom. The summed E-state index contributed by atoms with van der Waals surface area (Å²) in [7, 11) is 0. The van der Waals surface area contributed by atoms with E-state index in [1.54, 1.807) is 72.8 Å². The lowest BCUT2D eigenvalue weighted by atomic mass is 10.1. The SMILES string of the molecule is Cc1ccc(N2C(=O)/C(=C/c3ccc(C(=O)O)cc3)SC2=S)cc1.Cc1cccc(N2C(=O)/C(=C/c3ccc(O)c(O)c3)SC2=S)c1.Cc1cccc(N2C(=O)/C(=C/c3ccc(OC(=O)O)cc3)SC2=S)c1.Cc1cccc(N2C(=O)/C(=C/c3ccccc3C(=O)O)SC2=S)c1. The smallest absolute Gasteiger partial charge is 0.504 e. The highest BCUT2D eigenvalue weighted by atomic mass is 32.2. The van der Waals surface area contributed by atoms with Gasteiger partial charge in [-0.1, -0.05) is 199 Å². The van der Waals surface area contributed by atoms with Crippen molar-refractivity contribution in [3.63, 3.8) is 0 Å². The highest BCUT2D eigenvalue weighted by molar-refractivity contribution is 8.28. The van der Waals surface area contributed by atoms with E-state index in [0.717, 1.165) is 50.4 Å². The molecule has 4 saturated heterocycles. The van der Waals surface area contributed by atoms with Gasteiger partial charge < -0.3 is 30.3 Å². The van der Waals surface area contributed by atoms with E-state index in [2.05, 4.69) is 4.74 Å². The summed E-state index contributed by atoms with van der Waals surface area (Å²) in [6.45, 7) is 7.84. The molecule has 482 valence electrons. The molecule has 0 spiro atoms. The van der Waals surface area contributed by atoms with Crippen molar-refractivity contribution in [3.8, 4) is 17.2 Å². The van der Waals surface area contributed by atoms with Crippen LogP contribution in [0.1, 0.15) is 65.2 Å². The molecule has 4 amide bonds. The van der Waals surface area contributed by atoms with Gasteiger partial charge in [-0.2, -0.15) is 0 Å². The summed E-state index contributed by atoms with van der Waals surface area (Å²) in [4.78, 5) is 91.3. The monoisotopic (exact) mass is 1420 g/mol. The summed E-state index contributed by atoms with van der Waals surface area (Å²) in [5, 5.41) is 45.7. The van der Waals surface area contributed by atoms with Crippen LogP contribution in [0.15, 0.2) is 208 Å². The van der Waals surface area contributed by atoms with Crippen LogP contribution in [0.2, 0.25) is 0 Å². The minimum Gasteiger partial charge on any atom is -0.504 e. The van der Waals surface area contributed by atoms with E-state index in [1.165, 1.54) is 109 Å². The normalized spacial score (nSPS) is 16.0. The minimum absolute atomic E-state index is 0.151. The van der Waals surface area contributed by atoms with Crippen molar-refractivity contribution < 1.29 is 63.8 Å². The van der Waals surface area contributed by atoms with Gasteiger partial charge in [0, 0.05) is 0 Å². The number of aromatic hydroxyl groups is 2. The number of aryl methyl sites for hydroxylation is 4. The van der Waals surface area contributed by atoms with Crippen LogP contribution >= 0.6 is 95.9 Å². The first-order chi connectivity index (χ1) is 45.8. The fourth-order valence-electron chi connectivity index (χ4n) is 9.25. The topological polar surface area (TPSA) is 243 Å². The van der Waals surface area contributed by atoms with Crippen LogP contribution in [0.5, 0.6) is 17.2 Å². The van der Waals surface area contributed by atoms with Crippen LogP contribution in [-0.2, 0) is 19.2 Å². The van der Waals surface area contributed by atoms with Crippen LogP contribution in [0, 0.1) is 27.7 Å². The molecule has 0 atom stereocenters. The zero-order valence-electron chi connectivity index (χ0n) is 50.8. The Morgan fingerprint density at radius 2 is 0.771 bits per heavy atom. The number of phenolic OH excluding ortho intramolecular Hbond substituents is 2. The number of nitrogens with zero attached hydrogens (tertiary/aromatic N) is 4. The number of carbonyl (C=O) groups excluding carboxylic acids is 4. The van der Waals surface area contributed by atoms with Gasteiger partial charge in [-0.25, -0.2) is 14.4 Å². The van der Waals surface area contributed by atoms with E-state index < -0.39 is 18.1 Å². The Hall–Kier alpha value is -9.83. The highest BCUT2D eigenvalue weighted by Crippen LogP contribution is 2.41. The average Bonchev–Trinajstić information content (AvgIpc) is 1.67. The van der Waals surface area contributed by atoms with Gasteiger partial charge in [-0.15, -0.1) is 0 Å². The molecule has 4 fully saturated rings. The fraction of sp³-hybridized carbons (Fsp3) is 0.0563. The summed E-state index contributed by atoms with van der Waals surface area (Å²) in [6, 6.07) is 54.0. The Bertz CT molecular complexity index is 4650. The van der Waals surface area contributed by atoms with Gasteiger partial charge in [0.15, 0.2) is 28.8 Å². The van der Waals surface area contributed by atoms with Crippen LogP contribution in [-0.4, -0.2) is 84.5 Å². The molecule has 12 rings (SSSR count). The maximum Gasteiger partial charge on any atom is 0.511 e. The molecule has 0 aliphatic carbocycles. The van der Waals surface area contributed by atoms with E-state index in [4.69, 9.17) is 59.1 Å². The van der Waals surface area contributed by atoms with E-state index in [1.807, 2.05) is 125 Å². The number of rotatable bonds is 11. The van der Waals surface area contributed by atoms with E-state index in [-0.39, 0.29) is 52.0 Å². The molecule has 0 aromatic heterocycles. The molecule has 0 radical (unpaired) electrons. The van der Waals surface area contributed by atoms with Gasteiger partial charge in [-0.3, -0.25) is 38.8 Å². The molecule has 8 aromatic carbocycles. The number of thiocarbonyl (C=S) groups is 4. The van der Waals surface area contributed by atoms with Gasteiger partial charge in [0.25, 0.3) is 23.6 Å². The number of benzene rings is 8. The Labute approximate surface area is 589 Å². The zero-order valence-corrected chi connectivity index (χ0v) is 57.3. The Kier molecular flexibility index (Phi) is 23.2. The number of aromatic carboxylic acids is 2. The number of carbonyl (C=O) groups is 7. The molecule has 25 heteroatoms. The predicted molar refractivity (Wildman–Crippen MR) is 399 cm³/mol. The van der Waals surface area contributed by atoms with Gasteiger partial charge in [-0.05, 0) is 182 Å². The lowest BCUT2D eigenvalue weighted by molar-refractivity contribution is -0.114. The van der Waals surface area contributed by atoms with Crippen molar-refractivity contribution >= 4 is 202 Å². The van der Waals surface area contributed by atoms with Gasteiger partial charge >= 0.3 is 18.1 Å². The molecule has 4 heterocycles. The minimum atomic E-state index is -1.37. The van der Waals surface area contributed by atoms with Crippen molar-refractivity contribution in [2.45, 2.75) is 27.7 Å². The summed E-state index contributed by atoms with van der Waals surface area (Å²) in [6.07, 6.45) is 5.30. The first-order valence-electron chi connectivity index (χ1n) is 28.4. The van der Waals surface area contributed by atoms with Gasteiger partial charge in [0.2, 0.25) is 0 Å². The molecule has 0 saturated carbocycles. The molecule has 8 aromatic rings. The number of carboxylic acids is 2. The third kappa shape index (κ3) is 17.5. The summed E-state index contributed by atoms with van der Waals surface area (Å²) in [5.41, 5.74) is 10.1. The quantitative estimate of drug-likeness (QED) is 0.0266. The van der Waals surface area contributed by atoms with Crippen molar-refractivity contribution in [3.05, 3.63) is 263 Å². The molecule has 96 heavy (non-hydrogen) atoms. The number of thioether (sulfide) groups is 4. The van der Waals surface area contributed by atoms with Crippen LogP contribution in [0.3, 0.4) is 0 Å². The lowest BCUT2D eigenvalue weighted by Gasteiger charge is -2.14. The number of phenols is 2. The standard InChI is InChI=1S/C18H13NO4S2.2C18H13NO3S2.C17H13NO3S2/c1-11-3-2-4-13(9-11)19-16(20)15(25-17(19)24)10-12-5-7-14(8-6-12)23-18(21)22;1-11-2-8-14(9-3-11)19-16(20)15(24-18(19)23)10-12-4-6-13(7-5-12)17(21)22;1-11-5-4-7-13(9-11)19-16(20)15(24-18(19)23)10-12-6-2-3-8-14(12)17(21)22;1-10-3-2-4-12(7-10)18-16(21)15(23-17(18)22)9-11-5-6-13(19)14(20)8-11/h2-10H,1H3,(H,21,22);2*2-10H,1H3,(H,21,22);2-9,19-20H,1H3/b3*15-10-;15-9-. The second-order valence-electron chi connectivity index (χ2n) is 20.9. The fourth-order valence-corrected chi connectivity index (χ4v) is 14.4. The molecule has 4 aliphatic heterocycles. The second-order valence-corrected chi connectivity index (χ2v) is 27.6.